The second-order valence-corrected chi connectivity index (χ2v) is 7.96. The van der Waals surface area contributed by atoms with Crippen LogP contribution in [0, 0.1) is 0 Å². The molecule has 7 heteroatoms. The Labute approximate surface area is 148 Å². The molecule has 5 N–H and O–H groups in total. The van der Waals surface area contributed by atoms with Crippen LogP contribution in [0.25, 0.3) is 0 Å². The Morgan fingerprint density at radius 1 is 0.833 bits per heavy atom. The molecule has 0 fully saturated rings. The van der Waals surface area contributed by atoms with Gasteiger partial charge in [-0.1, -0.05) is 77.6 Å². The summed E-state index contributed by atoms with van der Waals surface area (Å²) >= 11 is 0. The zero-order chi connectivity index (χ0) is 17.4. The first-order chi connectivity index (χ1) is 11.0. The molecule has 148 valence electrons. The van der Waals surface area contributed by atoms with E-state index in [-0.39, 0.29) is 12.8 Å². The molecule has 0 saturated heterocycles. The van der Waals surface area contributed by atoms with E-state index in [9.17, 15) is 8.42 Å². The second kappa shape index (κ2) is 17.6. The van der Waals surface area contributed by atoms with E-state index in [1.807, 2.05) is 0 Å². The Balaban J connectivity index is 0. The fourth-order valence-corrected chi connectivity index (χ4v) is 3.51. The minimum absolute atomic E-state index is 0. The molecule has 6 nitrogen and oxygen atoms in total. The van der Waals surface area contributed by atoms with Crippen LogP contribution in [0.15, 0.2) is 0 Å². The first-order valence-electron chi connectivity index (χ1n) is 9.18. The van der Waals surface area contributed by atoms with Gasteiger partial charge in [-0.15, -0.1) is 0 Å². The molecule has 0 aromatic carbocycles. The standard InChI is InChI=1S/C17H36O5S.H3N/c1-2-3-4-5-6-7-8-9-10-11-12-13-14-22-23(20,21)16-17(19)15-18;/h17-19H,2-16H2,1H3;1H3. The molecule has 1 atom stereocenters. The molecule has 0 aliphatic rings. The normalized spacial score (nSPS) is 12.8. The van der Waals surface area contributed by atoms with Crippen LogP contribution >= 0.6 is 0 Å². The maximum absolute atomic E-state index is 11.4. The molecule has 0 aromatic rings. The highest BCUT2D eigenvalue weighted by Crippen LogP contribution is 2.12. The minimum atomic E-state index is -3.72. The summed E-state index contributed by atoms with van der Waals surface area (Å²) < 4.78 is 27.6. The van der Waals surface area contributed by atoms with Gasteiger partial charge in [0, 0.05) is 0 Å². The highest BCUT2D eigenvalue weighted by molar-refractivity contribution is 7.86. The van der Waals surface area contributed by atoms with Crippen molar-refractivity contribution in [3.8, 4) is 0 Å². The van der Waals surface area contributed by atoms with E-state index in [4.69, 9.17) is 14.4 Å². The van der Waals surface area contributed by atoms with Crippen LogP contribution in [-0.4, -0.2) is 43.7 Å². The summed E-state index contributed by atoms with van der Waals surface area (Å²) in [7, 11) is -3.72. The van der Waals surface area contributed by atoms with E-state index in [0.717, 1.165) is 12.8 Å². The van der Waals surface area contributed by atoms with Gasteiger partial charge in [-0.05, 0) is 6.42 Å². The van der Waals surface area contributed by atoms with Crippen LogP contribution in [0.2, 0.25) is 0 Å². The Morgan fingerprint density at radius 2 is 1.25 bits per heavy atom. The zero-order valence-electron chi connectivity index (χ0n) is 15.4. The van der Waals surface area contributed by atoms with Gasteiger partial charge < -0.3 is 16.4 Å². The predicted octanol–water partition coefficient (Wildman–Crippen LogP) is 3.55. The van der Waals surface area contributed by atoms with Crippen LogP contribution < -0.4 is 6.15 Å². The van der Waals surface area contributed by atoms with E-state index in [2.05, 4.69) is 6.92 Å². The van der Waals surface area contributed by atoms with Gasteiger partial charge in [0.05, 0.1) is 19.3 Å². The summed E-state index contributed by atoms with van der Waals surface area (Å²) in [5.41, 5.74) is 0. The van der Waals surface area contributed by atoms with Crippen molar-refractivity contribution in [2.45, 2.75) is 90.1 Å². The lowest BCUT2D eigenvalue weighted by atomic mass is 10.1. The van der Waals surface area contributed by atoms with E-state index < -0.39 is 28.6 Å². The lowest BCUT2D eigenvalue weighted by molar-refractivity contribution is 0.109. The predicted molar refractivity (Wildman–Crippen MR) is 98.9 cm³/mol. The molecule has 1 unspecified atom stereocenters. The van der Waals surface area contributed by atoms with Gasteiger partial charge in [-0.25, -0.2) is 0 Å². The zero-order valence-corrected chi connectivity index (χ0v) is 16.2. The quantitative estimate of drug-likeness (QED) is 0.266. The summed E-state index contributed by atoms with van der Waals surface area (Å²) in [6, 6.07) is 0. The van der Waals surface area contributed by atoms with Gasteiger partial charge in [-0.2, -0.15) is 8.42 Å². The lowest BCUT2D eigenvalue weighted by Gasteiger charge is -2.08. The molecule has 0 bridgehead atoms. The molecular weight excluding hydrogens is 330 g/mol. The number of aliphatic hydroxyl groups is 2. The Kier molecular flexibility index (Phi) is 19.1. The van der Waals surface area contributed by atoms with Crippen LogP contribution in [-0.2, 0) is 14.3 Å². The Bertz CT molecular complexity index is 349. The molecule has 0 rings (SSSR count). The second-order valence-electron chi connectivity index (χ2n) is 6.27. The molecule has 0 aliphatic carbocycles. The topological polar surface area (TPSA) is 119 Å². The molecular formula is C17H39NO5S. The van der Waals surface area contributed by atoms with Crippen LogP contribution in [0.5, 0.6) is 0 Å². The number of hydrogen-bond donors (Lipinski definition) is 3. The average Bonchev–Trinajstić information content (AvgIpc) is 2.51. The van der Waals surface area contributed by atoms with Gasteiger partial charge >= 0.3 is 0 Å². The monoisotopic (exact) mass is 369 g/mol. The maximum Gasteiger partial charge on any atom is 0.269 e. The van der Waals surface area contributed by atoms with Crippen molar-refractivity contribution in [2.24, 2.45) is 0 Å². The smallest absolute Gasteiger partial charge is 0.269 e. The summed E-state index contributed by atoms with van der Waals surface area (Å²) in [5, 5.41) is 17.7. The lowest BCUT2D eigenvalue weighted by Crippen LogP contribution is -2.25. The highest BCUT2D eigenvalue weighted by atomic mass is 32.2. The Hall–Kier alpha value is -0.210. The number of unbranched alkanes of at least 4 members (excludes halogenated alkanes) is 11. The molecule has 24 heavy (non-hydrogen) atoms. The summed E-state index contributed by atoms with van der Waals surface area (Å²) in [6.07, 6.45) is 13.4. The van der Waals surface area contributed by atoms with E-state index in [1.165, 1.54) is 57.8 Å². The van der Waals surface area contributed by atoms with Crippen LogP contribution in [0.4, 0.5) is 0 Å². The molecule has 0 heterocycles. The van der Waals surface area contributed by atoms with E-state index >= 15 is 0 Å². The molecule has 0 saturated carbocycles. The van der Waals surface area contributed by atoms with E-state index in [0.29, 0.717) is 6.42 Å². The van der Waals surface area contributed by atoms with Crippen molar-refractivity contribution < 1.29 is 22.8 Å². The summed E-state index contributed by atoms with van der Waals surface area (Å²) in [4.78, 5) is 0. The van der Waals surface area contributed by atoms with Gasteiger partial charge in [-0.3, -0.25) is 4.18 Å². The molecule has 0 radical (unpaired) electrons. The van der Waals surface area contributed by atoms with Gasteiger partial charge in [0.25, 0.3) is 10.1 Å². The average molecular weight is 370 g/mol. The Morgan fingerprint density at radius 3 is 1.67 bits per heavy atom. The largest absolute Gasteiger partial charge is 0.394 e. The molecule has 0 aliphatic heterocycles. The first kappa shape index (κ1) is 26.0. The van der Waals surface area contributed by atoms with Crippen molar-refractivity contribution in [1.29, 1.82) is 0 Å². The third-order valence-electron chi connectivity index (χ3n) is 3.87. The summed E-state index contributed by atoms with van der Waals surface area (Å²) in [5.74, 6) is -0.540. The number of hydrogen-bond acceptors (Lipinski definition) is 6. The van der Waals surface area contributed by atoms with Crippen molar-refractivity contribution in [1.82, 2.24) is 6.15 Å². The minimum Gasteiger partial charge on any atom is -0.394 e. The molecule has 0 amide bonds. The SMILES string of the molecule is CCCCCCCCCCCCCCOS(=O)(=O)CC(O)CO.N. The van der Waals surface area contributed by atoms with Crippen molar-refractivity contribution in [3.05, 3.63) is 0 Å². The van der Waals surface area contributed by atoms with Crippen molar-refractivity contribution in [3.63, 3.8) is 0 Å². The third kappa shape index (κ3) is 18.1. The van der Waals surface area contributed by atoms with Gasteiger partial charge in [0.15, 0.2) is 0 Å². The van der Waals surface area contributed by atoms with Crippen molar-refractivity contribution in [2.75, 3.05) is 19.0 Å². The fraction of sp³-hybridized carbons (Fsp3) is 1.00. The van der Waals surface area contributed by atoms with Gasteiger partial charge in [0.1, 0.15) is 5.75 Å². The van der Waals surface area contributed by atoms with Gasteiger partial charge in [0.2, 0.25) is 0 Å². The van der Waals surface area contributed by atoms with Crippen LogP contribution in [0.3, 0.4) is 0 Å². The molecule has 0 spiro atoms. The van der Waals surface area contributed by atoms with Crippen molar-refractivity contribution >= 4 is 10.1 Å². The highest BCUT2D eigenvalue weighted by Gasteiger charge is 2.16. The number of aliphatic hydroxyl groups excluding tert-OH is 2. The van der Waals surface area contributed by atoms with E-state index in [1.54, 1.807) is 0 Å². The molecule has 0 aromatic heterocycles. The number of rotatable bonds is 17. The maximum atomic E-state index is 11.4. The summed E-state index contributed by atoms with van der Waals surface area (Å²) in [6.45, 7) is 1.83. The third-order valence-corrected chi connectivity index (χ3v) is 5.19. The first-order valence-corrected chi connectivity index (χ1v) is 10.8. The fourth-order valence-electron chi connectivity index (χ4n) is 2.47. The van der Waals surface area contributed by atoms with Crippen LogP contribution in [0.1, 0.15) is 84.0 Å².